The normalized spacial score (nSPS) is 22.6. The summed E-state index contributed by atoms with van der Waals surface area (Å²) in [4.78, 5) is 41.7. The van der Waals surface area contributed by atoms with Gasteiger partial charge in [-0.3, -0.25) is 14.5 Å². The Morgan fingerprint density at radius 1 is 1.50 bits per heavy atom. The first-order chi connectivity index (χ1) is 12.3. The van der Waals surface area contributed by atoms with E-state index in [-0.39, 0.29) is 11.6 Å². The summed E-state index contributed by atoms with van der Waals surface area (Å²) >= 11 is 2.64. The standard InChI is InChI=1S/C16H18N4O4S2/c1-7(2)5-8(9-6-26-16(17)18-9)12(21)19-11-13(22)20-10(15(23)24)3-4-25-14(11)20/h3,5-7,11,14H,4H2,1-2H3,(H2,17,18)(H,19,21)(H,23,24)/b8-5-. The highest BCUT2D eigenvalue weighted by molar-refractivity contribution is 8.00. The van der Waals surface area contributed by atoms with Gasteiger partial charge in [0.2, 0.25) is 0 Å². The molecular formula is C16H18N4O4S2. The number of carboxylic acids is 1. The third kappa shape index (κ3) is 3.34. The van der Waals surface area contributed by atoms with E-state index in [1.807, 2.05) is 13.8 Å². The Kier molecular flexibility index (Phi) is 5.05. The van der Waals surface area contributed by atoms with Gasteiger partial charge < -0.3 is 16.2 Å². The molecule has 0 aromatic carbocycles. The molecule has 2 aliphatic heterocycles. The van der Waals surface area contributed by atoms with Crippen LogP contribution in [0.15, 0.2) is 23.2 Å². The van der Waals surface area contributed by atoms with Crippen LogP contribution in [-0.4, -0.2) is 49.9 Å². The number of β-lactam (4-membered cyclic amide) rings is 1. The Bertz CT molecular complexity index is 830. The molecule has 10 heteroatoms. The number of thiazole rings is 1. The highest BCUT2D eigenvalue weighted by atomic mass is 32.2. The topological polar surface area (TPSA) is 126 Å². The molecule has 0 saturated carbocycles. The van der Waals surface area contributed by atoms with Crippen molar-refractivity contribution in [3.8, 4) is 0 Å². The van der Waals surface area contributed by atoms with Crippen LogP contribution in [0.4, 0.5) is 5.13 Å². The second-order valence-corrected chi connectivity index (χ2v) is 8.21. The zero-order chi connectivity index (χ0) is 19.0. The fourth-order valence-corrected chi connectivity index (χ4v) is 4.54. The van der Waals surface area contributed by atoms with E-state index >= 15 is 0 Å². The monoisotopic (exact) mass is 394 g/mol. The average Bonchev–Trinajstić information content (AvgIpc) is 3.02. The highest BCUT2D eigenvalue weighted by Crippen LogP contribution is 2.37. The summed E-state index contributed by atoms with van der Waals surface area (Å²) in [5, 5.41) is 13.6. The van der Waals surface area contributed by atoms with Crippen LogP contribution in [0.2, 0.25) is 0 Å². The number of nitrogens with zero attached hydrogens (tertiary/aromatic N) is 2. The number of aromatic nitrogens is 1. The molecule has 0 aliphatic carbocycles. The molecule has 8 nitrogen and oxygen atoms in total. The molecule has 3 heterocycles. The number of allylic oxidation sites excluding steroid dienone is 1. The number of carbonyl (C=O) groups excluding carboxylic acids is 2. The van der Waals surface area contributed by atoms with Crippen molar-refractivity contribution in [1.29, 1.82) is 0 Å². The van der Waals surface area contributed by atoms with Crippen molar-refractivity contribution in [3.63, 3.8) is 0 Å². The number of amides is 2. The summed E-state index contributed by atoms with van der Waals surface area (Å²) in [5.41, 5.74) is 6.45. The average molecular weight is 394 g/mol. The maximum absolute atomic E-state index is 12.8. The molecule has 4 N–H and O–H groups in total. The van der Waals surface area contributed by atoms with Crippen LogP contribution in [0, 0.1) is 5.92 Å². The summed E-state index contributed by atoms with van der Waals surface area (Å²) in [5.74, 6) is -1.43. The third-order valence-electron chi connectivity index (χ3n) is 3.89. The van der Waals surface area contributed by atoms with Crippen molar-refractivity contribution < 1.29 is 19.5 Å². The second-order valence-electron chi connectivity index (χ2n) is 6.17. The molecule has 2 atom stereocenters. The van der Waals surface area contributed by atoms with Gasteiger partial charge in [-0.25, -0.2) is 9.78 Å². The quantitative estimate of drug-likeness (QED) is 0.505. The number of thioether (sulfide) groups is 1. The molecule has 1 saturated heterocycles. The Labute approximate surface area is 158 Å². The van der Waals surface area contributed by atoms with Gasteiger partial charge in [0.15, 0.2) is 5.13 Å². The molecule has 1 fully saturated rings. The van der Waals surface area contributed by atoms with Crippen LogP contribution in [-0.2, 0) is 14.4 Å². The van der Waals surface area contributed by atoms with Gasteiger partial charge in [-0.05, 0) is 12.0 Å². The molecule has 1 aromatic rings. The fourth-order valence-electron chi connectivity index (χ4n) is 2.78. The number of carboxylic acid groups (broad SMARTS) is 1. The molecule has 138 valence electrons. The van der Waals surface area contributed by atoms with Gasteiger partial charge in [-0.2, -0.15) is 0 Å². The molecule has 26 heavy (non-hydrogen) atoms. The number of nitrogens with two attached hydrogens (primary N) is 1. The minimum atomic E-state index is -1.15. The zero-order valence-corrected chi connectivity index (χ0v) is 15.8. The van der Waals surface area contributed by atoms with E-state index in [0.717, 1.165) is 0 Å². The Morgan fingerprint density at radius 2 is 2.23 bits per heavy atom. The summed E-state index contributed by atoms with van der Waals surface area (Å²) < 4.78 is 0. The Balaban J connectivity index is 1.78. The van der Waals surface area contributed by atoms with Crippen molar-refractivity contribution in [2.75, 3.05) is 11.5 Å². The first-order valence-electron chi connectivity index (χ1n) is 7.91. The molecule has 0 bridgehead atoms. The number of nitrogen functional groups attached to an aromatic ring is 1. The number of aliphatic carboxylic acids is 1. The van der Waals surface area contributed by atoms with Crippen molar-refractivity contribution in [2.45, 2.75) is 25.3 Å². The van der Waals surface area contributed by atoms with E-state index < -0.39 is 29.2 Å². The lowest BCUT2D eigenvalue weighted by Crippen LogP contribution is -2.70. The summed E-state index contributed by atoms with van der Waals surface area (Å²) in [6.45, 7) is 3.86. The molecule has 3 rings (SSSR count). The van der Waals surface area contributed by atoms with E-state index in [9.17, 15) is 19.5 Å². The van der Waals surface area contributed by atoms with E-state index in [4.69, 9.17) is 5.73 Å². The Hall–Kier alpha value is -2.33. The van der Waals surface area contributed by atoms with E-state index in [1.54, 1.807) is 11.5 Å². The predicted octanol–water partition coefficient (Wildman–Crippen LogP) is 1.13. The van der Waals surface area contributed by atoms with Crippen molar-refractivity contribution >= 4 is 51.6 Å². The van der Waals surface area contributed by atoms with Crippen LogP contribution in [0.3, 0.4) is 0 Å². The SMILES string of the molecule is CC(C)/C=C(\C(=O)NC1C(=O)N2C(C(=O)O)=CCSC12)c1csc(N)n1. The first kappa shape index (κ1) is 18.5. The van der Waals surface area contributed by atoms with Crippen molar-refractivity contribution in [1.82, 2.24) is 15.2 Å². The second kappa shape index (κ2) is 7.12. The van der Waals surface area contributed by atoms with Gasteiger partial charge in [0.1, 0.15) is 17.1 Å². The highest BCUT2D eigenvalue weighted by Gasteiger charge is 2.52. The van der Waals surface area contributed by atoms with Crippen LogP contribution in [0.5, 0.6) is 0 Å². The fraction of sp³-hybridized carbons (Fsp3) is 0.375. The number of anilines is 1. The summed E-state index contributed by atoms with van der Waals surface area (Å²) in [7, 11) is 0. The zero-order valence-electron chi connectivity index (χ0n) is 14.1. The smallest absolute Gasteiger partial charge is 0.352 e. The number of hydrogen-bond acceptors (Lipinski definition) is 7. The minimum absolute atomic E-state index is 0.0329. The van der Waals surface area contributed by atoms with Crippen molar-refractivity contribution in [3.05, 3.63) is 28.9 Å². The van der Waals surface area contributed by atoms with Crippen LogP contribution < -0.4 is 11.1 Å². The lowest BCUT2D eigenvalue weighted by atomic mass is 10.0. The van der Waals surface area contributed by atoms with Crippen LogP contribution >= 0.6 is 23.1 Å². The maximum atomic E-state index is 12.8. The number of hydrogen-bond donors (Lipinski definition) is 3. The number of rotatable bonds is 5. The van der Waals surface area contributed by atoms with Gasteiger partial charge >= 0.3 is 5.97 Å². The van der Waals surface area contributed by atoms with E-state index in [0.29, 0.717) is 22.2 Å². The third-order valence-corrected chi connectivity index (χ3v) is 5.75. The number of carbonyl (C=O) groups is 3. The molecule has 1 aromatic heterocycles. The summed E-state index contributed by atoms with van der Waals surface area (Å²) in [6.07, 6.45) is 3.27. The molecule has 0 spiro atoms. The van der Waals surface area contributed by atoms with Gasteiger partial charge in [-0.15, -0.1) is 23.1 Å². The van der Waals surface area contributed by atoms with Crippen LogP contribution in [0.1, 0.15) is 19.5 Å². The predicted molar refractivity (Wildman–Crippen MR) is 100 cm³/mol. The first-order valence-corrected chi connectivity index (χ1v) is 9.84. The van der Waals surface area contributed by atoms with Gasteiger partial charge in [0.25, 0.3) is 11.8 Å². The number of fused-ring (bicyclic) bond motifs is 1. The molecular weight excluding hydrogens is 376 g/mol. The largest absolute Gasteiger partial charge is 0.477 e. The van der Waals surface area contributed by atoms with Crippen molar-refractivity contribution in [2.24, 2.45) is 5.92 Å². The van der Waals surface area contributed by atoms with Gasteiger partial charge in [0.05, 0.1) is 11.3 Å². The van der Waals surface area contributed by atoms with E-state index in [2.05, 4.69) is 10.3 Å². The van der Waals surface area contributed by atoms with E-state index in [1.165, 1.54) is 34.1 Å². The maximum Gasteiger partial charge on any atom is 0.352 e. The van der Waals surface area contributed by atoms with Gasteiger partial charge in [0, 0.05) is 11.1 Å². The molecule has 2 unspecified atom stereocenters. The van der Waals surface area contributed by atoms with Gasteiger partial charge in [-0.1, -0.05) is 19.9 Å². The molecule has 0 radical (unpaired) electrons. The molecule has 2 aliphatic rings. The lowest BCUT2D eigenvalue weighted by Gasteiger charge is -2.48. The number of nitrogens with one attached hydrogen (secondary N) is 1. The Morgan fingerprint density at radius 3 is 2.81 bits per heavy atom. The lowest BCUT2D eigenvalue weighted by molar-refractivity contribution is -0.150. The molecule has 2 amide bonds. The van der Waals surface area contributed by atoms with Crippen LogP contribution in [0.25, 0.3) is 5.57 Å². The summed E-state index contributed by atoms with van der Waals surface area (Å²) in [6, 6.07) is -0.762. The minimum Gasteiger partial charge on any atom is -0.477 e.